The van der Waals surface area contributed by atoms with Gasteiger partial charge in [0, 0.05) is 0 Å². The lowest BCUT2D eigenvalue weighted by molar-refractivity contribution is -0.110. The summed E-state index contributed by atoms with van der Waals surface area (Å²) >= 11 is 0. The molecule has 0 rings (SSSR count). The Bertz CT molecular complexity index is 94.7. The van der Waals surface area contributed by atoms with Crippen LogP contribution in [-0.2, 0) is 9.53 Å². The maximum absolute atomic E-state index is 9.58. The Labute approximate surface area is 48.5 Å². The molecule has 0 spiro atoms. The lowest BCUT2D eigenvalue weighted by Gasteiger charge is -1.86. The van der Waals surface area contributed by atoms with E-state index in [1.54, 1.807) is 12.2 Å². The molecule has 8 heavy (non-hydrogen) atoms. The highest BCUT2D eigenvalue weighted by molar-refractivity contribution is 5.50. The van der Waals surface area contributed by atoms with Crippen LogP contribution in [0.5, 0.6) is 0 Å². The fourth-order valence-corrected chi connectivity index (χ4v) is 0.206. The zero-order chi connectivity index (χ0) is 6.24. The summed E-state index contributed by atoms with van der Waals surface area (Å²) < 4.78 is 4.60. The highest BCUT2D eigenvalue weighted by Gasteiger charge is 1.69. The van der Waals surface area contributed by atoms with Crippen molar-refractivity contribution in [2.45, 2.75) is 0 Å². The lowest BCUT2D eigenvalue weighted by atomic mass is 10.6. The quantitative estimate of drug-likeness (QED) is 0.234. The second-order valence-corrected chi connectivity index (χ2v) is 1.06. The Balaban J connectivity index is 3.02. The molecule has 44 valence electrons. The van der Waals surface area contributed by atoms with Gasteiger partial charge in [-0.1, -0.05) is 12.7 Å². The Morgan fingerprint density at radius 2 is 2.38 bits per heavy atom. The molecule has 0 aromatic heterocycles. The van der Waals surface area contributed by atoms with Gasteiger partial charge in [-0.05, 0) is 6.08 Å². The standard InChI is InChI=1S/C6H8O2/c1-2-3-5-8-6-4-7/h2-5H,1,6H2/b5-3-. The fourth-order valence-electron chi connectivity index (χ4n) is 0.206. The Morgan fingerprint density at radius 3 is 2.88 bits per heavy atom. The van der Waals surface area contributed by atoms with Gasteiger partial charge in [0.05, 0.1) is 6.26 Å². The second kappa shape index (κ2) is 5.95. The summed E-state index contributed by atoms with van der Waals surface area (Å²) in [6.45, 7) is 3.52. The van der Waals surface area contributed by atoms with Gasteiger partial charge in [-0.25, -0.2) is 0 Å². The molecule has 0 N–H and O–H groups in total. The average molecular weight is 112 g/mol. The van der Waals surface area contributed by atoms with Crippen molar-refractivity contribution in [3.05, 3.63) is 25.0 Å². The number of hydrogen-bond donors (Lipinski definition) is 0. The molecule has 0 bridgehead atoms. The van der Waals surface area contributed by atoms with E-state index in [-0.39, 0.29) is 6.61 Å². The topological polar surface area (TPSA) is 26.3 Å². The first-order chi connectivity index (χ1) is 3.91. The minimum Gasteiger partial charge on any atom is -0.494 e. The summed E-state index contributed by atoms with van der Waals surface area (Å²) in [5.41, 5.74) is 0. The van der Waals surface area contributed by atoms with Gasteiger partial charge in [-0.3, -0.25) is 4.79 Å². The van der Waals surface area contributed by atoms with E-state index >= 15 is 0 Å². The minimum atomic E-state index is 0.115. The molecule has 0 amide bonds. The summed E-state index contributed by atoms with van der Waals surface area (Å²) in [4.78, 5) is 9.58. The molecular formula is C6H8O2. The van der Waals surface area contributed by atoms with E-state index in [4.69, 9.17) is 0 Å². The van der Waals surface area contributed by atoms with Gasteiger partial charge in [0.25, 0.3) is 0 Å². The number of ether oxygens (including phenoxy) is 1. The lowest BCUT2D eigenvalue weighted by Crippen LogP contribution is -1.84. The second-order valence-electron chi connectivity index (χ2n) is 1.06. The van der Waals surface area contributed by atoms with Crippen LogP contribution in [0.1, 0.15) is 0 Å². The molecule has 0 aliphatic rings. The van der Waals surface area contributed by atoms with Crippen molar-refractivity contribution in [3.8, 4) is 0 Å². The zero-order valence-electron chi connectivity index (χ0n) is 4.54. The highest BCUT2D eigenvalue weighted by Crippen LogP contribution is 1.74. The summed E-state index contributed by atoms with van der Waals surface area (Å²) in [7, 11) is 0. The van der Waals surface area contributed by atoms with E-state index < -0.39 is 0 Å². The first kappa shape index (κ1) is 6.95. The highest BCUT2D eigenvalue weighted by atomic mass is 16.5. The SMILES string of the molecule is C=C/C=C\OCC=O. The summed E-state index contributed by atoms with van der Waals surface area (Å²) in [6.07, 6.45) is 5.29. The molecule has 0 aromatic carbocycles. The van der Waals surface area contributed by atoms with E-state index in [1.807, 2.05) is 0 Å². The number of allylic oxidation sites excluding steroid dienone is 2. The molecule has 0 saturated carbocycles. The summed E-state index contributed by atoms with van der Waals surface area (Å²) in [5, 5.41) is 0. The van der Waals surface area contributed by atoms with Crippen LogP contribution in [0.2, 0.25) is 0 Å². The molecule has 0 fully saturated rings. The van der Waals surface area contributed by atoms with Gasteiger partial charge in [0.1, 0.15) is 6.61 Å². The van der Waals surface area contributed by atoms with Crippen molar-refractivity contribution >= 4 is 6.29 Å². The maximum atomic E-state index is 9.58. The smallest absolute Gasteiger partial charge is 0.157 e. The van der Waals surface area contributed by atoms with Crippen LogP contribution >= 0.6 is 0 Å². The van der Waals surface area contributed by atoms with Crippen LogP contribution in [-0.4, -0.2) is 12.9 Å². The van der Waals surface area contributed by atoms with Gasteiger partial charge in [-0.15, -0.1) is 0 Å². The van der Waals surface area contributed by atoms with Crippen molar-refractivity contribution in [2.75, 3.05) is 6.61 Å². The molecule has 0 atom stereocenters. The van der Waals surface area contributed by atoms with E-state index in [9.17, 15) is 4.79 Å². The Morgan fingerprint density at radius 1 is 1.62 bits per heavy atom. The number of rotatable bonds is 4. The van der Waals surface area contributed by atoms with Crippen LogP contribution in [0.3, 0.4) is 0 Å². The third-order valence-electron chi connectivity index (χ3n) is 0.475. The van der Waals surface area contributed by atoms with E-state index in [0.29, 0.717) is 6.29 Å². The number of aldehydes is 1. The predicted molar refractivity (Wildman–Crippen MR) is 31.4 cm³/mol. The largest absolute Gasteiger partial charge is 0.494 e. The Kier molecular flexibility index (Phi) is 5.17. The summed E-state index contributed by atoms with van der Waals surface area (Å²) in [6, 6.07) is 0. The van der Waals surface area contributed by atoms with Crippen LogP contribution in [0.15, 0.2) is 25.0 Å². The number of hydrogen-bond acceptors (Lipinski definition) is 2. The van der Waals surface area contributed by atoms with Gasteiger partial charge in [0.15, 0.2) is 6.29 Å². The third kappa shape index (κ3) is 4.95. The van der Waals surface area contributed by atoms with E-state index in [1.165, 1.54) is 6.26 Å². The molecular weight excluding hydrogens is 104 g/mol. The van der Waals surface area contributed by atoms with Gasteiger partial charge >= 0.3 is 0 Å². The van der Waals surface area contributed by atoms with Crippen LogP contribution in [0, 0.1) is 0 Å². The normalized spacial score (nSPS) is 9.00. The van der Waals surface area contributed by atoms with Crippen molar-refractivity contribution in [3.63, 3.8) is 0 Å². The van der Waals surface area contributed by atoms with Crippen molar-refractivity contribution in [2.24, 2.45) is 0 Å². The summed E-state index contributed by atoms with van der Waals surface area (Å²) in [5.74, 6) is 0. The Hall–Kier alpha value is -1.05. The van der Waals surface area contributed by atoms with Crippen molar-refractivity contribution in [1.29, 1.82) is 0 Å². The first-order valence-corrected chi connectivity index (χ1v) is 2.24. The maximum Gasteiger partial charge on any atom is 0.157 e. The molecule has 2 heteroatoms. The molecule has 0 aliphatic carbocycles. The first-order valence-electron chi connectivity index (χ1n) is 2.24. The van der Waals surface area contributed by atoms with E-state index in [0.717, 1.165) is 0 Å². The fraction of sp³-hybridized carbons (Fsp3) is 0.167. The number of carbonyl (C=O) groups is 1. The minimum absolute atomic E-state index is 0.115. The third-order valence-corrected chi connectivity index (χ3v) is 0.475. The van der Waals surface area contributed by atoms with E-state index in [2.05, 4.69) is 11.3 Å². The van der Waals surface area contributed by atoms with Gasteiger partial charge < -0.3 is 4.74 Å². The zero-order valence-corrected chi connectivity index (χ0v) is 4.54. The van der Waals surface area contributed by atoms with Crippen molar-refractivity contribution < 1.29 is 9.53 Å². The van der Waals surface area contributed by atoms with Crippen LogP contribution in [0.25, 0.3) is 0 Å². The molecule has 0 saturated heterocycles. The average Bonchev–Trinajstić information content (AvgIpc) is 1.81. The molecule has 0 heterocycles. The predicted octanol–water partition coefficient (Wildman–Crippen LogP) is 0.902. The van der Waals surface area contributed by atoms with Crippen LogP contribution < -0.4 is 0 Å². The molecule has 0 radical (unpaired) electrons. The van der Waals surface area contributed by atoms with Crippen molar-refractivity contribution in [1.82, 2.24) is 0 Å². The molecule has 2 nitrogen and oxygen atoms in total. The molecule has 0 aromatic rings. The van der Waals surface area contributed by atoms with Gasteiger partial charge in [0.2, 0.25) is 0 Å². The molecule has 0 aliphatic heterocycles. The number of carbonyl (C=O) groups excluding carboxylic acids is 1. The monoisotopic (exact) mass is 112 g/mol. The molecule has 0 unspecified atom stereocenters. The van der Waals surface area contributed by atoms with Crippen LogP contribution in [0.4, 0.5) is 0 Å². The van der Waals surface area contributed by atoms with Gasteiger partial charge in [-0.2, -0.15) is 0 Å².